The summed E-state index contributed by atoms with van der Waals surface area (Å²) in [5, 5.41) is 24.0. The van der Waals surface area contributed by atoms with Gasteiger partial charge in [-0.1, -0.05) is 17.3 Å². The van der Waals surface area contributed by atoms with Crippen molar-refractivity contribution >= 4 is 5.57 Å². The molecule has 1 aromatic heterocycles. The van der Waals surface area contributed by atoms with Crippen LogP contribution in [0.1, 0.15) is 24.8 Å². The Morgan fingerprint density at radius 2 is 1.79 bits per heavy atom. The van der Waals surface area contributed by atoms with Crippen LogP contribution < -0.4 is 4.74 Å². The molecule has 0 fully saturated rings. The van der Waals surface area contributed by atoms with Crippen LogP contribution in [0.4, 0.5) is 0 Å². The molecule has 0 amide bonds. The highest BCUT2D eigenvalue weighted by atomic mass is 16.5. The predicted molar refractivity (Wildman–Crippen MR) is 91.9 cm³/mol. The monoisotopic (exact) mass is 325 g/mol. The van der Waals surface area contributed by atoms with Crippen molar-refractivity contribution in [3.05, 3.63) is 65.0 Å². The molecule has 0 unspecified atom stereocenters. The van der Waals surface area contributed by atoms with E-state index in [1.54, 1.807) is 14.0 Å². The predicted octanol–water partition coefficient (Wildman–Crippen LogP) is 4.72. The summed E-state index contributed by atoms with van der Waals surface area (Å²) < 4.78 is 10.7. The number of aliphatic hydroxyl groups is 2. The van der Waals surface area contributed by atoms with E-state index in [2.05, 4.69) is 5.16 Å². The van der Waals surface area contributed by atoms with E-state index in [4.69, 9.17) is 9.26 Å². The van der Waals surface area contributed by atoms with Gasteiger partial charge in [0.25, 0.3) is 0 Å². The fourth-order valence-electron chi connectivity index (χ4n) is 2.74. The summed E-state index contributed by atoms with van der Waals surface area (Å²) in [6, 6.07) is 7.63. The topological polar surface area (TPSA) is 75.7 Å². The minimum atomic E-state index is 0.0461. The summed E-state index contributed by atoms with van der Waals surface area (Å²) in [4.78, 5) is 0. The van der Waals surface area contributed by atoms with Crippen molar-refractivity contribution in [1.82, 2.24) is 5.16 Å². The Labute approximate surface area is 140 Å². The Kier molecular flexibility index (Phi) is 4.16. The first-order chi connectivity index (χ1) is 11.5. The van der Waals surface area contributed by atoms with Crippen LogP contribution in [0.2, 0.25) is 0 Å². The molecule has 1 aromatic carbocycles. The zero-order valence-corrected chi connectivity index (χ0v) is 13.8. The van der Waals surface area contributed by atoms with E-state index >= 15 is 0 Å². The molecule has 3 rings (SSSR count). The lowest BCUT2D eigenvalue weighted by Gasteiger charge is -2.07. The molecule has 0 saturated carbocycles. The summed E-state index contributed by atoms with van der Waals surface area (Å²) in [5.74, 6) is 1.48. The molecule has 124 valence electrons. The van der Waals surface area contributed by atoms with Crippen LogP contribution in [0.5, 0.6) is 5.75 Å². The number of nitrogens with zero attached hydrogens (tertiary/aromatic N) is 1. The molecule has 0 spiro atoms. The number of allylic oxidation sites excluding steroid dienone is 4. The molecule has 24 heavy (non-hydrogen) atoms. The Bertz CT molecular complexity index is 854. The third-order valence-corrected chi connectivity index (χ3v) is 4.00. The maximum atomic E-state index is 9.99. The van der Waals surface area contributed by atoms with Gasteiger partial charge >= 0.3 is 0 Å². The summed E-state index contributed by atoms with van der Waals surface area (Å²) in [5.41, 5.74) is 3.99. The lowest BCUT2D eigenvalue weighted by atomic mass is 9.97. The van der Waals surface area contributed by atoms with Gasteiger partial charge in [0.2, 0.25) is 0 Å². The molecular formula is C19H19NO4. The molecule has 0 radical (unpaired) electrons. The van der Waals surface area contributed by atoms with Crippen molar-refractivity contribution in [2.24, 2.45) is 0 Å². The molecule has 5 nitrogen and oxygen atoms in total. The van der Waals surface area contributed by atoms with Crippen molar-refractivity contribution in [3.63, 3.8) is 0 Å². The van der Waals surface area contributed by atoms with E-state index < -0.39 is 0 Å². The standard InChI is InChI=1S/C19H19NO4/c1-11-8-14(9-15(21)10-17(11)22)19-18(12(2)20-24-19)13-4-6-16(23-3)7-5-13/h4-8,10,21-22H,9H2,1-3H3. The molecule has 5 heteroatoms. The smallest absolute Gasteiger partial charge is 0.171 e. The van der Waals surface area contributed by atoms with Crippen LogP contribution in [-0.4, -0.2) is 22.5 Å². The van der Waals surface area contributed by atoms with Crippen molar-refractivity contribution in [1.29, 1.82) is 0 Å². The number of aromatic nitrogens is 1. The van der Waals surface area contributed by atoms with Gasteiger partial charge in [-0.15, -0.1) is 0 Å². The minimum absolute atomic E-state index is 0.0461. The van der Waals surface area contributed by atoms with E-state index in [-0.39, 0.29) is 17.9 Å². The molecule has 0 atom stereocenters. The third-order valence-electron chi connectivity index (χ3n) is 4.00. The number of ether oxygens (including phenoxy) is 1. The van der Waals surface area contributed by atoms with Crippen LogP contribution in [0.3, 0.4) is 0 Å². The van der Waals surface area contributed by atoms with Gasteiger partial charge in [0.1, 0.15) is 17.3 Å². The third kappa shape index (κ3) is 2.93. The fraction of sp³-hybridized carbons (Fsp3) is 0.211. The molecule has 2 N–H and O–H groups in total. The van der Waals surface area contributed by atoms with Gasteiger partial charge in [-0.05, 0) is 43.2 Å². The van der Waals surface area contributed by atoms with E-state index in [0.717, 1.165) is 28.1 Å². The second kappa shape index (κ2) is 6.28. The van der Waals surface area contributed by atoms with Gasteiger partial charge in [0.05, 0.1) is 18.4 Å². The molecule has 0 aliphatic heterocycles. The zero-order valence-electron chi connectivity index (χ0n) is 13.8. The Morgan fingerprint density at radius 3 is 2.46 bits per heavy atom. The van der Waals surface area contributed by atoms with Crippen LogP contribution in [0.25, 0.3) is 16.7 Å². The first kappa shape index (κ1) is 15.9. The lowest BCUT2D eigenvalue weighted by Crippen LogP contribution is -1.90. The SMILES string of the molecule is COc1ccc(-c2c(C)noc2C2=CC(C)=C(O)C=C(O)C2)cc1. The number of aryl methyl sites for hydroxylation is 1. The summed E-state index contributed by atoms with van der Waals surface area (Å²) >= 11 is 0. The van der Waals surface area contributed by atoms with Gasteiger partial charge in [0, 0.05) is 18.1 Å². The molecule has 0 saturated heterocycles. The summed E-state index contributed by atoms with van der Waals surface area (Å²) in [6.45, 7) is 3.65. The maximum absolute atomic E-state index is 9.99. The van der Waals surface area contributed by atoms with E-state index in [0.29, 0.717) is 11.3 Å². The van der Waals surface area contributed by atoms with E-state index in [9.17, 15) is 10.2 Å². The van der Waals surface area contributed by atoms with Crippen LogP contribution in [-0.2, 0) is 0 Å². The average molecular weight is 325 g/mol. The van der Waals surface area contributed by atoms with Crippen molar-refractivity contribution < 1.29 is 19.5 Å². The van der Waals surface area contributed by atoms with Crippen LogP contribution in [0.15, 0.2) is 58.0 Å². The summed E-state index contributed by atoms with van der Waals surface area (Å²) in [6.07, 6.45) is 3.43. The number of aliphatic hydroxyl groups excluding tert-OH is 2. The second-order valence-corrected chi connectivity index (χ2v) is 5.75. The number of hydrogen-bond acceptors (Lipinski definition) is 5. The van der Waals surface area contributed by atoms with Crippen molar-refractivity contribution in [2.45, 2.75) is 20.3 Å². The highest BCUT2D eigenvalue weighted by Gasteiger charge is 2.21. The molecule has 1 aliphatic carbocycles. The molecule has 1 heterocycles. The van der Waals surface area contributed by atoms with Crippen molar-refractivity contribution in [3.8, 4) is 16.9 Å². The Morgan fingerprint density at radius 1 is 1.08 bits per heavy atom. The normalized spacial score (nSPS) is 15.0. The van der Waals surface area contributed by atoms with Crippen LogP contribution in [0, 0.1) is 6.92 Å². The minimum Gasteiger partial charge on any atom is -0.512 e. The highest BCUT2D eigenvalue weighted by molar-refractivity contribution is 5.81. The van der Waals surface area contributed by atoms with E-state index in [1.165, 1.54) is 6.08 Å². The second-order valence-electron chi connectivity index (χ2n) is 5.75. The van der Waals surface area contributed by atoms with E-state index in [1.807, 2.05) is 37.3 Å². The largest absolute Gasteiger partial charge is 0.512 e. The molecule has 2 aromatic rings. The number of benzene rings is 1. The van der Waals surface area contributed by atoms with Gasteiger partial charge in [-0.2, -0.15) is 0 Å². The first-order valence-electron chi connectivity index (χ1n) is 7.60. The molecule has 1 aliphatic rings. The first-order valence-corrected chi connectivity index (χ1v) is 7.60. The molecular weight excluding hydrogens is 306 g/mol. The number of rotatable bonds is 3. The van der Waals surface area contributed by atoms with Gasteiger partial charge in [-0.3, -0.25) is 0 Å². The quantitative estimate of drug-likeness (QED) is 0.854. The maximum Gasteiger partial charge on any atom is 0.171 e. The molecule has 0 bridgehead atoms. The lowest BCUT2D eigenvalue weighted by molar-refractivity contribution is 0.380. The zero-order chi connectivity index (χ0) is 17.3. The fourth-order valence-corrected chi connectivity index (χ4v) is 2.74. The van der Waals surface area contributed by atoms with Gasteiger partial charge < -0.3 is 19.5 Å². The number of hydrogen-bond donors (Lipinski definition) is 2. The van der Waals surface area contributed by atoms with Gasteiger partial charge in [-0.25, -0.2) is 0 Å². The Balaban J connectivity index is 2.10. The van der Waals surface area contributed by atoms with Gasteiger partial charge in [0.15, 0.2) is 5.76 Å². The highest BCUT2D eigenvalue weighted by Crippen LogP contribution is 2.36. The Hall–Kier alpha value is -2.95. The average Bonchev–Trinajstić information content (AvgIpc) is 2.89. The number of methoxy groups -OCH3 is 1. The van der Waals surface area contributed by atoms with Crippen molar-refractivity contribution in [2.75, 3.05) is 7.11 Å². The summed E-state index contributed by atoms with van der Waals surface area (Å²) in [7, 11) is 1.62. The van der Waals surface area contributed by atoms with Crippen LogP contribution >= 0.6 is 0 Å².